The molecule has 1 N–H and O–H groups in total. The second kappa shape index (κ2) is 6.67. The first-order chi connectivity index (χ1) is 11.2. The number of hydrogen-bond donors (Lipinski definition) is 1. The lowest BCUT2D eigenvalue weighted by Gasteiger charge is -2.12. The highest BCUT2D eigenvalue weighted by molar-refractivity contribution is 6.35. The number of rotatable bonds is 4. The minimum absolute atomic E-state index is 0.227. The van der Waals surface area contributed by atoms with Gasteiger partial charge in [0.25, 0.3) is 5.91 Å². The van der Waals surface area contributed by atoms with Crippen LogP contribution in [0.3, 0.4) is 0 Å². The van der Waals surface area contributed by atoms with E-state index < -0.39 is 0 Å². The van der Waals surface area contributed by atoms with Gasteiger partial charge in [-0.3, -0.25) is 9.78 Å². The van der Waals surface area contributed by atoms with Gasteiger partial charge in [-0.1, -0.05) is 41.9 Å². The van der Waals surface area contributed by atoms with Gasteiger partial charge in [-0.2, -0.15) is 0 Å². The third kappa shape index (κ3) is 3.27. The number of ether oxygens (including phenoxy) is 1. The molecule has 0 atom stereocenters. The van der Waals surface area contributed by atoms with Crippen LogP contribution < -0.4 is 10.1 Å². The lowest BCUT2D eigenvalue weighted by Crippen LogP contribution is -2.19. The summed E-state index contributed by atoms with van der Waals surface area (Å²) in [4.78, 5) is 16.4. The first-order valence-corrected chi connectivity index (χ1v) is 7.54. The van der Waals surface area contributed by atoms with Gasteiger partial charge in [0.15, 0.2) is 0 Å². The van der Waals surface area contributed by atoms with Crippen LogP contribution in [-0.2, 0) is 6.61 Å². The SMILES string of the molecule is CNC(=O)c1cc2c(Cl)ccnc2cc1OCc1ccccc1. The quantitative estimate of drug-likeness (QED) is 0.792. The van der Waals surface area contributed by atoms with Gasteiger partial charge in [0.1, 0.15) is 12.4 Å². The van der Waals surface area contributed by atoms with Crippen LogP contribution in [0.5, 0.6) is 5.75 Å². The molecular weight excluding hydrogens is 312 g/mol. The van der Waals surface area contributed by atoms with E-state index in [4.69, 9.17) is 16.3 Å². The average Bonchev–Trinajstić information content (AvgIpc) is 2.60. The Morgan fingerprint density at radius 1 is 1.22 bits per heavy atom. The molecule has 23 heavy (non-hydrogen) atoms. The van der Waals surface area contributed by atoms with Crippen molar-refractivity contribution in [2.75, 3.05) is 7.05 Å². The van der Waals surface area contributed by atoms with E-state index in [1.807, 2.05) is 30.3 Å². The second-order valence-corrected chi connectivity index (χ2v) is 5.42. The summed E-state index contributed by atoms with van der Waals surface area (Å²) in [5.74, 6) is 0.255. The number of nitrogens with one attached hydrogen (secondary N) is 1. The number of fused-ring (bicyclic) bond motifs is 1. The topological polar surface area (TPSA) is 51.2 Å². The maximum Gasteiger partial charge on any atom is 0.254 e. The first-order valence-electron chi connectivity index (χ1n) is 7.16. The molecule has 0 fully saturated rings. The summed E-state index contributed by atoms with van der Waals surface area (Å²) in [5.41, 5.74) is 2.15. The number of halogens is 1. The lowest BCUT2D eigenvalue weighted by molar-refractivity contribution is 0.0959. The number of benzene rings is 2. The molecule has 0 radical (unpaired) electrons. The Labute approximate surface area is 139 Å². The number of aromatic nitrogens is 1. The standard InChI is InChI=1S/C18H15ClN2O2/c1-20-18(22)14-9-13-15(19)7-8-21-16(13)10-17(14)23-11-12-5-3-2-4-6-12/h2-10H,11H2,1H3,(H,20,22). The van der Waals surface area contributed by atoms with Crippen LogP contribution in [-0.4, -0.2) is 17.9 Å². The normalized spacial score (nSPS) is 10.5. The number of amides is 1. The van der Waals surface area contributed by atoms with E-state index >= 15 is 0 Å². The van der Waals surface area contributed by atoms with E-state index in [1.54, 1.807) is 31.4 Å². The van der Waals surface area contributed by atoms with Gasteiger partial charge in [-0.05, 0) is 17.7 Å². The smallest absolute Gasteiger partial charge is 0.254 e. The molecule has 5 heteroatoms. The van der Waals surface area contributed by atoms with Gasteiger partial charge in [-0.25, -0.2) is 0 Å². The fourth-order valence-corrected chi connectivity index (χ4v) is 2.51. The third-order valence-corrected chi connectivity index (χ3v) is 3.83. The van der Waals surface area contributed by atoms with Crippen molar-refractivity contribution in [3.8, 4) is 5.75 Å². The number of carbonyl (C=O) groups is 1. The van der Waals surface area contributed by atoms with Gasteiger partial charge in [0.2, 0.25) is 0 Å². The van der Waals surface area contributed by atoms with Crippen LogP contribution in [0.25, 0.3) is 10.9 Å². The molecule has 0 aliphatic carbocycles. The molecule has 0 saturated heterocycles. The van der Waals surface area contributed by atoms with E-state index in [1.165, 1.54) is 0 Å². The molecule has 0 spiro atoms. The predicted octanol–water partition coefficient (Wildman–Crippen LogP) is 3.83. The highest BCUT2D eigenvalue weighted by Crippen LogP contribution is 2.29. The fourth-order valence-electron chi connectivity index (χ4n) is 2.31. The van der Waals surface area contributed by atoms with Crippen molar-refractivity contribution in [2.24, 2.45) is 0 Å². The summed E-state index contributed by atoms with van der Waals surface area (Å²) in [6, 6.07) is 14.9. The Morgan fingerprint density at radius 2 is 2.00 bits per heavy atom. The molecule has 4 nitrogen and oxygen atoms in total. The van der Waals surface area contributed by atoms with E-state index in [2.05, 4.69) is 10.3 Å². The Hall–Kier alpha value is -2.59. The van der Waals surface area contributed by atoms with Crippen molar-refractivity contribution in [2.45, 2.75) is 6.61 Å². The summed E-state index contributed by atoms with van der Waals surface area (Å²) < 4.78 is 5.85. The van der Waals surface area contributed by atoms with Crippen molar-refractivity contribution < 1.29 is 9.53 Å². The summed E-state index contributed by atoms with van der Waals surface area (Å²) in [7, 11) is 1.58. The zero-order chi connectivity index (χ0) is 16.2. The molecule has 2 aromatic carbocycles. The van der Waals surface area contributed by atoms with E-state index in [-0.39, 0.29) is 5.91 Å². The Kier molecular flexibility index (Phi) is 4.44. The maximum atomic E-state index is 12.1. The van der Waals surface area contributed by atoms with Crippen LogP contribution >= 0.6 is 11.6 Å². The molecule has 1 amide bonds. The Balaban J connectivity index is 2.01. The molecule has 1 aromatic heterocycles. The zero-order valence-corrected chi connectivity index (χ0v) is 13.3. The molecule has 3 aromatic rings. The number of hydrogen-bond acceptors (Lipinski definition) is 3. The molecule has 0 bridgehead atoms. The third-order valence-electron chi connectivity index (χ3n) is 3.50. The number of carbonyl (C=O) groups excluding carboxylic acids is 1. The van der Waals surface area contributed by atoms with Crippen LogP contribution in [0.4, 0.5) is 0 Å². The molecule has 0 saturated carbocycles. The van der Waals surface area contributed by atoms with Gasteiger partial charge >= 0.3 is 0 Å². The Bertz CT molecular complexity index is 850. The maximum absolute atomic E-state index is 12.1. The highest BCUT2D eigenvalue weighted by atomic mass is 35.5. The number of pyridine rings is 1. The molecule has 1 heterocycles. The highest BCUT2D eigenvalue weighted by Gasteiger charge is 2.15. The lowest BCUT2D eigenvalue weighted by atomic mass is 10.1. The fraction of sp³-hybridized carbons (Fsp3) is 0.111. The summed E-state index contributed by atoms with van der Waals surface area (Å²) in [5, 5.41) is 3.89. The van der Waals surface area contributed by atoms with Crippen molar-refractivity contribution >= 4 is 28.4 Å². The summed E-state index contributed by atoms with van der Waals surface area (Å²) in [6.45, 7) is 0.372. The van der Waals surface area contributed by atoms with Crippen molar-refractivity contribution in [1.82, 2.24) is 10.3 Å². The summed E-state index contributed by atoms with van der Waals surface area (Å²) in [6.07, 6.45) is 1.63. The van der Waals surface area contributed by atoms with Crippen LogP contribution in [0, 0.1) is 0 Å². The molecule has 0 aliphatic rings. The van der Waals surface area contributed by atoms with Gasteiger partial charge in [-0.15, -0.1) is 0 Å². The monoisotopic (exact) mass is 326 g/mol. The molecule has 0 aliphatic heterocycles. The summed E-state index contributed by atoms with van der Waals surface area (Å²) >= 11 is 6.19. The van der Waals surface area contributed by atoms with E-state index in [9.17, 15) is 4.79 Å². The molecule has 116 valence electrons. The van der Waals surface area contributed by atoms with Crippen LogP contribution in [0.15, 0.2) is 54.7 Å². The van der Waals surface area contributed by atoms with Crippen LogP contribution in [0.2, 0.25) is 5.02 Å². The molecule has 0 unspecified atom stereocenters. The number of nitrogens with zero attached hydrogens (tertiary/aromatic N) is 1. The minimum Gasteiger partial charge on any atom is -0.488 e. The van der Waals surface area contributed by atoms with Crippen molar-refractivity contribution in [3.63, 3.8) is 0 Å². The predicted molar refractivity (Wildman–Crippen MR) is 90.9 cm³/mol. The van der Waals surface area contributed by atoms with Crippen molar-refractivity contribution in [3.05, 3.63) is 70.9 Å². The van der Waals surface area contributed by atoms with Gasteiger partial charge in [0, 0.05) is 24.7 Å². The van der Waals surface area contributed by atoms with E-state index in [0.29, 0.717) is 28.5 Å². The van der Waals surface area contributed by atoms with Gasteiger partial charge in [0.05, 0.1) is 16.1 Å². The molecular formula is C18H15ClN2O2. The average molecular weight is 327 g/mol. The zero-order valence-electron chi connectivity index (χ0n) is 12.5. The second-order valence-electron chi connectivity index (χ2n) is 5.01. The van der Waals surface area contributed by atoms with Crippen molar-refractivity contribution in [1.29, 1.82) is 0 Å². The van der Waals surface area contributed by atoms with E-state index in [0.717, 1.165) is 10.9 Å². The minimum atomic E-state index is -0.227. The molecule has 3 rings (SSSR count). The largest absolute Gasteiger partial charge is 0.488 e. The Morgan fingerprint density at radius 3 is 2.74 bits per heavy atom. The van der Waals surface area contributed by atoms with Crippen LogP contribution in [0.1, 0.15) is 15.9 Å². The van der Waals surface area contributed by atoms with Gasteiger partial charge < -0.3 is 10.1 Å². The first kappa shape index (κ1) is 15.3.